The molecule has 4 N–H and O–H groups in total. The van der Waals surface area contributed by atoms with Gasteiger partial charge in [-0.05, 0) is 14.0 Å². The second-order valence-corrected chi connectivity index (χ2v) is 1.72. The van der Waals surface area contributed by atoms with Crippen LogP contribution in [-0.2, 0) is 0 Å². The van der Waals surface area contributed by atoms with Crippen LogP contribution < -0.4 is 11.5 Å². The summed E-state index contributed by atoms with van der Waals surface area (Å²) in [7, 11) is 1.28. The summed E-state index contributed by atoms with van der Waals surface area (Å²) < 4.78 is 0. The van der Waals surface area contributed by atoms with Crippen molar-refractivity contribution in [2.75, 3.05) is 7.05 Å². The molecule has 0 aliphatic heterocycles. The Bertz CT molecular complexity index is 55.7. The first-order valence-electron chi connectivity index (χ1n) is 1.93. The molecule has 0 aromatic heterocycles. The molecular weight excluding hydrogens is 94.1 g/mol. The van der Waals surface area contributed by atoms with Crippen LogP contribution in [0.15, 0.2) is 0 Å². The quantitative estimate of drug-likeness (QED) is 0.330. The van der Waals surface area contributed by atoms with Crippen LogP contribution in [0.5, 0.6) is 0 Å². The summed E-state index contributed by atoms with van der Waals surface area (Å²) in [5.74, 6) is -1.22. The highest BCUT2D eigenvalue weighted by atomic mass is 16.5. The fourth-order valence-electron chi connectivity index (χ4n) is 0. The highest BCUT2D eigenvalue weighted by Crippen LogP contribution is 1.89. The molecule has 0 rings (SSSR count). The molecule has 0 amide bonds. The standard InChI is InChI=1S/C3H10N3O/c1-3(4,5)6(2)7/h4-5H2,1-2H3/q-1. The molecule has 0 unspecified atom stereocenters. The summed E-state index contributed by atoms with van der Waals surface area (Å²) in [6.45, 7) is 1.43. The molecule has 0 aliphatic carbocycles. The lowest BCUT2D eigenvalue weighted by Gasteiger charge is -2.36. The van der Waals surface area contributed by atoms with Crippen molar-refractivity contribution in [1.29, 1.82) is 0 Å². The first-order chi connectivity index (χ1) is 2.94. The SMILES string of the molecule is CN([O-])C(C)(N)N. The zero-order chi connectivity index (χ0) is 6.08. The lowest BCUT2D eigenvalue weighted by molar-refractivity contribution is 0.218. The van der Waals surface area contributed by atoms with Crippen LogP contribution in [0.4, 0.5) is 0 Å². The van der Waals surface area contributed by atoms with E-state index in [4.69, 9.17) is 11.5 Å². The van der Waals surface area contributed by atoms with Crippen LogP contribution in [0.2, 0.25) is 0 Å². The predicted octanol–water partition coefficient (Wildman–Crippen LogP) is -0.993. The van der Waals surface area contributed by atoms with E-state index in [1.165, 1.54) is 14.0 Å². The lowest BCUT2D eigenvalue weighted by Crippen LogP contribution is -2.56. The molecule has 4 nitrogen and oxygen atoms in total. The zero-order valence-corrected chi connectivity index (χ0v) is 4.51. The van der Waals surface area contributed by atoms with Crippen LogP contribution in [-0.4, -0.2) is 17.9 Å². The summed E-state index contributed by atoms with van der Waals surface area (Å²) in [6.07, 6.45) is 0. The van der Waals surface area contributed by atoms with Gasteiger partial charge in [0.15, 0.2) is 0 Å². The maximum Gasteiger partial charge on any atom is 0.106 e. The average Bonchev–Trinajstić information content (AvgIpc) is 1.31. The summed E-state index contributed by atoms with van der Waals surface area (Å²) in [5, 5.41) is 10.6. The number of hydrogen-bond donors (Lipinski definition) is 2. The fraction of sp³-hybridized carbons (Fsp3) is 1.00. The third-order valence-electron chi connectivity index (χ3n) is 0.679. The first-order valence-corrected chi connectivity index (χ1v) is 1.93. The van der Waals surface area contributed by atoms with E-state index in [-0.39, 0.29) is 0 Å². The third kappa shape index (κ3) is 2.52. The molecule has 0 radical (unpaired) electrons. The van der Waals surface area contributed by atoms with Crippen molar-refractivity contribution < 1.29 is 0 Å². The van der Waals surface area contributed by atoms with Crippen molar-refractivity contribution >= 4 is 0 Å². The van der Waals surface area contributed by atoms with E-state index in [0.717, 1.165) is 0 Å². The monoisotopic (exact) mass is 104 g/mol. The Morgan fingerprint density at radius 3 is 1.71 bits per heavy atom. The van der Waals surface area contributed by atoms with Gasteiger partial charge in [-0.2, -0.15) is 0 Å². The Labute approximate surface area is 42.7 Å². The van der Waals surface area contributed by atoms with Crippen LogP contribution in [0.1, 0.15) is 6.92 Å². The molecule has 0 spiro atoms. The molecule has 0 aromatic rings. The van der Waals surface area contributed by atoms with Gasteiger partial charge in [-0.25, -0.2) is 0 Å². The Morgan fingerprint density at radius 1 is 1.57 bits per heavy atom. The van der Waals surface area contributed by atoms with E-state index >= 15 is 0 Å². The van der Waals surface area contributed by atoms with Crippen molar-refractivity contribution in [1.82, 2.24) is 5.06 Å². The molecule has 0 aliphatic rings. The van der Waals surface area contributed by atoms with Crippen LogP contribution in [0.25, 0.3) is 0 Å². The molecule has 7 heavy (non-hydrogen) atoms. The van der Waals surface area contributed by atoms with E-state index in [2.05, 4.69) is 0 Å². The highest BCUT2D eigenvalue weighted by molar-refractivity contribution is 4.67. The maximum absolute atomic E-state index is 10.1. The molecule has 0 aromatic carbocycles. The summed E-state index contributed by atoms with van der Waals surface area (Å²) in [5.41, 5.74) is 10.1. The number of rotatable bonds is 1. The highest BCUT2D eigenvalue weighted by Gasteiger charge is 2.06. The zero-order valence-electron chi connectivity index (χ0n) is 4.51. The van der Waals surface area contributed by atoms with Crippen molar-refractivity contribution in [3.05, 3.63) is 5.21 Å². The van der Waals surface area contributed by atoms with Gasteiger partial charge in [-0.1, -0.05) is 0 Å². The van der Waals surface area contributed by atoms with Gasteiger partial charge < -0.3 is 21.7 Å². The van der Waals surface area contributed by atoms with E-state index in [9.17, 15) is 5.21 Å². The smallest absolute Gasteiger partial charge is 0.106 e. The van der Waals surface area contributed by atoms with E-state index in [1.54, 1.807) is 0 Å². The minimum atomic E-state index is -1.22. The molecular formula is C3H10N3O-. The predicted molar refractivity (Wildman–Crippen MR) is 27.9 cm³/mol. The Kier molecular flexibility index (Phi) is 1.71. The second-order valence-electron chi connectivity index (χ2n) is 1.72. The summed E-state index contributed by atoms with van der Waals surface area (Å²) in [6, 6.07) is 0. The number of hydroxylamine groups is 2. The maximum atomic E-state index is 10.1. The molecule has 0 saturated heterocycles. The molecule has 44 valence electrons. The lowest BCUT2D eigenvalue weighted by atomic mass is 10.4. The van der Waals surface area contributed by atoms with E-state index in [1.807, 2.05) is 0 Å². The van der Waals surface area contributed by atoms with Crippen LogP contribution >= 0.6 is 0 Å². The van der Waals surface area contributed by atoms with Crippen LogP contribution in [0, 0.1) is 5.21 Å². The Morgan fingerprint density at radius 2 is 1.71 bits per heavy atom. The average molecular weight is 104 g/mol. The molecule has 0 saturated carbocycles. The van der Waals surface area contributed by atoms with Crippen molar-refractivity contribution in [3.63, 3.8) is 0 Å². The van der Waals surface area contributed by atoms with Crippen molar-refractivity contribution in [2.24, 2.45) is 11.5 Å². The number of nitrogens with zero attached hydrogens (tertiary/aromatic N) is 1. The fourth-order valence-corrected chi connectivity index (χ4v) is 0. The summed E-state index contributed by atoms with van der Waals surface area (Å²) in [4.78, 5) is 0. The van der Waals surface area contributed by atoms with Gasteiger partial charge in [0.2, 0.25) is 0 Å². The minimum Gasteiger partial charge on any atom is -0.783 e. The van der Waals surface area contributed by atoms with Gasteiger partial charge in [0, 0.05) is 0 Å². The molecule has 0 bridgehead atoms. The number of nitrogens with two attached hydrogens (primary N) is 2. The molecule has 0 fully saturated rings. The molecule has 0 atom stereocenters. The molecule has 0 heterocycles. The van der Waals surface area contributed by atoms with E-state index < -0.39 is 5.79 Å². The van der Waals surface area contributed by atoms with Gasteiger partial charge in [0.25, 0.3) is 0 Å². The normalized spacial score (nSPS) is 12.9. The van der Waals surface area contributed by atoms with Gasteiger partial charge in [-0.3, -0.25) is 0 Å². The topological polar surface area (TPSA) is 78.3 Å². The van der Waals surface area contributed by atoms with Gasteiger partial charge in [0.05, 0.1) is 0 Å². The van der Waals surface area contributed by atoms with Gasteiger partial charge in [0.1, 0.15) is 5.79 Å². The Hall–Kier alpha value is -0.160. The Balaban J connectivity index is 3.54. The van der Waals surface area contributed by atoms with Crippen molar-refractivity contribution in [2.45, 2.75) is 12.7 Å². The van der Waals surface area contributed by atoms with Crippen LogP contribution in [0.3, 0.4) is 0 Å². The van der Waals surface area contributed by atoms with Gasteiger partial charge >= 0.3 is 0 Å². The van der Waals surface area contributed by atoms with Crippen molar-refractivity contribution in [3.8, 4) is 0 Å². The largest absolute Gasteiger partial charge is 0.783 e. The minimum absolute atomic E-state index is 0.493. The second kappa shape index (κ2) is 1.75. The molecule has 4 heteroatoms. The first kappa shape index (κ1) is 6.84. The van der Waals surface area contributed by atoms with E-state index in [0.29, 0.717) is 5.06 Å². The van der Waals surface area contributed by atoms with Gasteiger partial charge in [-0.15, -0.1) is 0 Å². The number of hydrogen-bond acceptors (Lipinski definition) is 4. The third-order valence-corrected chi connectivity index (χ3v) is 0.679. The summed E-state index contributed by atoms with van der Waals surface area (Å²) >= 11 is 0.